The zero-order valence-corrected chi connectivity index (χ0v) is 11.5. The molecule has 1 heterocycles. The number of aliphatic hydroxyl groups excluding tert-OH is 1. The van der Waals surface area contributed by atoms with Gasteiger partial charge in [-0.1, -0.05) is 44.2 Å². The molecule has 1 aliphatic rings. The summed E-state index contributed by atoms with van der Waals surface area (Å²) in [5, 5.41) is 15.6. The van der Waals surface area contributed by atoms with E-state index in [9.17, 15) is 9.90 Å². The van der Waals surface area contributed by atoms with Crippen LogP contribution in [-0.4, -0.2) is 29.7 Å². The van der Waals surface area contributed by atoms with Crippen LogP contribution in [0.5, 0.6) is 0 Å². The van der Waals surface area contributed by atoms with Gasteiger partial charge in [0.15, 0.2) is 0 Å². The molecule has 4 nitrogen and oxygen atoms in total. The van der Waals surface area contributed by atoms with Crippen LogP contribution in [0.3, 0.4) is 0 Å². The van der Waals surface area contributed by atoms with Crippen LogP contribution in [0.25, 0.3) is 0 Å². The predicted molar refractivity (Wildman–Crippen MR) is 74.6 cm³/mol. The van der Waals surface area contributed by atoms with E-state index in [0.29, 0.717) is 18.9 Å². The van der Waals surface area contributed by atoms with Crippen LogP contribution in [0.2, 0.25) is 0 Å². The van der Waals surface area contributed by atoms with Crippen LogP contribution in [0, 0.1) is 5.92 Å². The molecular formula is C15H22N2O2. The molecule has 0 spiro atoms. The molecule has 1 aromatic rings. The largest absolute Gasteiger partial charge is 0.392 e. The molecule has 1 saturated heterocycles. The maximum absolute atomic E-state index is 12.2. The first-order valence-corrected chi connectivity index (χ1v) is 6.84. The van der Waals surface area contributed by atoms with Gasteiger partial charge in [-0.05, 0) is 17.9 Å². The average Bonchev–Trinajstić information content (AvgIpc) is 2.83. The van der Waals surface area contributed by atoms with Crippen molar-refractivity contribution in [1.82, 2.24) is 10.6 Å². The second kappa shape index (κ2) is 6.17. The Morgan fingerprint density at radius 2 is 2.05 bits per heavy atom. The minimum atomic E-state index is -0.412. The number of hydrogen-bond donors (Lipinski definition) is 3. The molecule has 0 radical (unpaired) electrons. The van der Waals surface area contributed by atoms with Gasteiger partial charge in [0.2, 0.25) is 5.91 Å². The highest BCUT2D eigenvalue weighted by molar-refractivity contribution is 5.82. The lowest BCUT2D eigenvalue weighted by molar-refractivity contribution is -0.124. The van der Waals surface area contributed by atoms with Crippen molar-refractivity contribution in [3.05, 3.63) is 35.9 Å². The van der Waals surface area contributed by atoms with Gasteiger partial charge in [-0.15, -0.1) is 0 Å². The summed E-state index contributed by atoms with van der Waals surface area (Å²) in [5.74, 6) is 0.289. The van der Waals surface area contributed by atoms with E-state index in [1.165, 1.54) is 0 Å². The van der Waals surface area contributed by atoms with Crippen molar-refractivity contribution in [2.45, 2.75) is 38.5 Å². The summed E-state index contributed by atoms with van der Waals surface area (Å²) < 4.78 is 0. The molecule has 0 aromatic heterocycles. The van der Waals surface area contributed by atoms with Gasteiger partial charge in [-0.3, -0.25) is 4.79 Å². The molecule has 3 atom stereocenters. The minimum absolute atomic E-state index is 0.00763. The third kappa shape index (κ3) is 3.55. The Hall–Kier alpha value is -1.39. The van der Waals surface area contributed by atoms with Crippen LogP contribution in [-0.2, 0) is 4.79 Å². The normalized spacial score (nSPS) is 24.4. The van der Waals surface area contributed by atoms with Crippen molar-refractivity contribution in [1.29, 1.82) is 0 Å². The molecule has 1 aromatic carbocycles. The fraction of sp³-hybridized carbons (Fsp3) is 0.533. The highest BCUT2D eigenvalue weighted by Gasteiger charge is 2.30. The SMILES string of the molecule is CC(C)C(NC(=O)C1CC(O)CN1)c1ccccc1. The van der Waals surface area contributed by atoms with Gasteiger partial charge in [0.1, 0.15) is 0 Å². The monoisotopic (exact) mass is 262 g/mol. The third-order valence-corrected chi connectivity index (χ3v) is 3.55. The Morgan fingerprint density at radius 3 is 2.58 bits per heavy atom. The summed E-state index contributed by atoms with van der Waals surface area (Å²) in [6.45, 7) is 4.68. The number of hydrogen-bond acceptors (Lipinski definition) is 3. The van der Waals surface area contributed by atoms with Crippen molar-refractivity contribution in [2.24, 2.45) is 5.92 Å². The van der Waals surface area contributed by atoms with Crippen molar-refractivity contribution in [3.8, 4) is 0 Å². The molecule has 3 unspecified atom stereocenters. The van der Waals surface area contributed by atoms with Gasteiger partial charge in [-0.25, -0.2) is 0 Å². The summed E-state index contributed by atoms with van der Waals surface area (Å²) >= 11 is 0. The quantitative estimate of drug-likeness (QED) is 0.764. The summed E-state index contributed by atoms with van der Waals surface area (Å²) in [6.07, 6.45) is 0.0794. The Kier molecular flexibility index (Phi) is 4.56. The minimum Gasteiger partial charge on any atom is -0.392 e. The maximum Gasteiger partial charge on any atom is 0.237 e. The number of carbonyl (C=O) groups excluding carboxylic acids is 1. The predicted octanol–water partition coefficient (Wildman–Crippen LogP) is 1.22. The molecule has 104 valence electrons. The van der Waals surface area contributed by atoms with Crippen molar-refractivity contribution < 1.29 is 9.90 Å². The topological polar surface area (TPSA) is 61.4 Å². The Labute approximate surface area is 114 Å². The van der Waals surface area contributed by atoms with Crippen LogP contribution >= 0.6 is 0 Å². The second-order valence-corrected chi connectivity index (χ2v) is 5.49. The summed E-state index contributed by atoms with van der Waals surface area (Å²) in [4.78, 5) is 12.2. The number of amides is 1. The molecular weight excluding hydrogens is 240 g/mol. The van der Waals surface area contributed by atoms with E-state index < -0.39 is 6.10 Å². The van der Waals surface area contributed by atoms with Gasteiger partial charge in [0.05, 0.1) is 18.2 Å². The molecule has 0 aliphatic carbocycles. The lowest BCUT2D eigenvalue weighted by Gasteiger charge is -2.24. The van der Waals surface area contributed by atoms with Gasteiger partial charge >= 0.3 is 0 Å². The fourth-order valence-corrected chi connectivity index (χ4v) is 2.47. The Morgan fingerprint density at radius 1 is 1.37 bits per heavy atom. The molecule has 1 aliphatic heterocycles. The van der Waals surface area contributed by atoms with Crippen LogP contribution in [0.15, 0.2) is 30.3 Å². The molecule has 19 heavy (non-hydrogen) atoms. The highest BCUT2D eigenvalue weighted by atomic mass is 16.3. The molecule has 3 N–H and O–H groups in total. The standard InChI is InChI=1S/C15H22N2O2/c1-10(2)14(11-6-4-3-5-7-11)17-15(19)13-8-12(18)9-16-13/h3-7,10,12-14,16,18H,8-9H2,1-2H3,(H,17,19). The van der Waals surface area contributed by atoms with Crippen molar-refractivity contribution in [3.63, 3.8) is 0 Å². The molecule has 2 rings (SSSR count). The van der Waals surface area contributed by atoms with E-state index in [-0.39, 0.29) is 18.0 Å². The molecule has 1 amide bonds. The first-order valence-electron chi connectivity index (χ1n) is 6.84. The first-order chi connectivity index (χ1) is 9.08. The number of carbonyl (C=O) groups is 1. The van der Waals surface area contributed by atoms with Gasteiger partial charge in [0, 0.05) is 6.54 Å². The molecule has 4 heteroatoms. The average molecular weight is 262 g/mol. The van der Waals surface area contributed by atoms with E-state index in [4.69, 9.17) is 0 Å². The Balaban J connectivity index is 2.03. The van der Waals surface area contributed by atoms with Crippen LogP contribution in [0.4, 0.5) is 0 Å². The fourth-order valence-electron chi connectivity index (χ4n) is 2.47. The maximum atomic E-state index is 12.2. The summed E-state index contributed by atoms with van der Waals surface area (Å²) in [7, 11) is 0. The second-order valence-electron chi connectivity index (χ2n) is 5.49. The number of aliphatic hydroxyl groups is 1. The Bertz CT molecular complexity index is 419. The van der Waals surface area contributed by atoms with E-state index in [2.05, 4.69) is 24.5 Å². The zero-order chi connectivity index (χ0) is 13.8. The molecule has 0 saturated carbocycles. The van der Waals surface area contributed by atoms with Gasteiger partial charge < -0.3 is 15.7 Å². The van der Waals surface area contributed by atoms with Crippen LogP contribution in [0.1, 0.15) is 31.9 Å². The number of rotatable bonds is 4. The number of benzene rings is 1. The number of β-amino-alcohol motifs (C(OH)–C–C–N with tert-alkyl or cyclic N) is 1. The lowest BCUT2D eigenvalue weighted by Crippen LogP contribution is -2.43. The zero-order valence-electron chi connectivity index (χ0n) is 11.5. The van der Waals surface area contributed by atoms with Crippen molar-refractivity contribution in [2.75, 3.05) is 6.54 Å². The van der Waals surface area contributed by atoms with Gasteiger partial charge in [0.25, 0.3) is 0 Å². The summed E-state index contributed by atoms with van der Waals surface area (Å²) in [5.41, 5.74) is 1.12. The van der Waals surface area contributed by atoms with E-state index in [1.54, 1.807) is 0 Å². The van der Waals surface area contributed by atoms with Crippen LogP contribution < -0.4 is 10.6 Å². The van der Waals surface area contributed by atoms with Gasteiger partial charge in [-0.2, -0.15) is 0 Å². The third-order valence-electron chi connectivity index (χ3n) is 3.55. The highest BCUT2D eigenvalue weighted by Crippen LogP contribution is 2.22. The van der Waals surface area contributed by atoms with E-state index >= 15 is 0 Å². The summed E-state index contributed by atoms with van der Waals surface area (Å²) in [6, 6.07) is 9.72. The van der Waals surface area contributed by atoms with Crippen molar-refractivity contribution >= 4 is 5.91 Å². The smallest absolute Gasteiger partial charge is 0.237 e. The van der Waals surface area contributed by atoms with E-state index in [1.807, 2.05) is 30.3 Å². The molecule has 1 fully saturated rings. The molecule has 0 bridgehead atoms. The first kappa shape index (κ1) is 14.0. The lowest BCUT2D eigenvalue weighted by atomic mass is 9.95. The van der Waals surface area contributed by atoms with E-state index in [0.717, 1.165) is 5.56 Å². The number of nitrogens with one attached hydrogen (secondary N) is 2.